The molecule has 4 N–H and O–H groups in total. The monoisotopic (exact) mass is 530 g/mol. The third-order valence-electron chi connectivity index (χ3n) is 8.16. The van der Waals surface area contributed by atoms with Gasteiger partial charge in [0, 0.05) is 16.5 Å². The Kier molecular flexibility index (Phi) is 6.30. The van der Waals surface area contributed by atoms with E-state index in [0.29, 0.717) is 16.7 Å². The summed E-state index contributed by atoms with van der Waals surface area (Å²) in [5.41, 5.74) is 3.22. The number of halogens is 1. The number of aliphatic hydroxyl groups is 1. The molecule has 1 aromatic carbocycles. The van der Waals surface area contributed by atoms with Gasteiger partial charge in [0.1, 0.15) is 5.75 Å². The third kappa shape index (κ3) is 3.70. The van der Waals surface area contributed by atoms with Gasteiger partial charge < -0.3 is 15.9 Å². The molecule has 2 saturated carbocycles. The number of phenolic OH excluding ortho intramolecular Hbond substituents is 1. The summed E-state index contributed by atoms with van der Waals surface area (Å²) in [6, 6.07) is 0.534. The van der Waals surface area contributed by atoms with Gasteiger partial charge in [0.2, 0.25) is 5.91 Å². The van der Waals surface area contributed by atoms with E-state index >= 15 is 0 Å². The van der Waals surface area contributed by atoms with Gasteiger partial charge in [0.25, 0.3) is 0 Å². The van der Waals surface area contributed by atoms with Crippen LogP contribution in [0.5, 0.6) is 5.75 Å². The summed E-state index contributed by atoms with van der Waals surface area (Å²) in [5.74, 6) is -10.8. The first kappa shape index (κ1) is 27.2. The largest absolute Gasteiger partial charge is 0.507 e. The average molecular weight is 531 g/mol. The van der Waals surface area contributed by atoms with Crippen LogP contribution in [-0.2, 0) is 31.0 Å². The highest BCUT2D eigenvalue weighted by molar-refractivity contribution is 6.48. The van der Waals surface area contributed by atoms with Gasteiger partial charge in [-0.15, -0.1) is 0 Å². The number of nitrogens with two attached hydrogens (primary N) is 1. The van der Waals surface area contributed by atoms with E-state index in [1.54, 1.807) is 6.07 Å². The molecule has 1 aromatic rings. The maximum atomic E-state index is 13.9. The number of hydrogen-bond donors (Lipinski definition) is 3. The number of likely N-dealkylation sites (N-methyl/N-ethyl adjacent to an activating group) is 1. The predicted molar refractivity (Wildman–Crippen MR) is 135 cm³/mol. The summed E-state index contributed by atoms with van der Waals surface area (Å²) < 4.78 is 0. The average Bonchev–Trinajstić information content (AvgIpc) is 2.74. The summed E-state index contributed by atoms with van der Waals surface area (Å²) in [7, 11) is 3.08. The number of phenols is 1. The second-order valence-electron chi connectivity index (χ2n) is 11.6. The summed E-state index contributed by atoms with van der Waals surface area (Å²) in [5, 5.41) is 23.0. The number of ketones is 4. The van der Waals surface area contributed by atoms with Crippen LogP contribution < -0.4 is 5.73 Å². The van der Waals surface area contributed by atoms with E-state index in [0.717, 1.165) is 0 Å². The Morgan fingerprint density at radius 2 is 1.78 bits per heavy atom. The molecule has 3 aliphatic rings. The lowest BCUT2D eigenvalue weighted by Crippen LogP contribution is -2.74. The number of amides is 1. The molecule has 0 radical (unpaired) electrons. The number of benzene rings is 1. The second-order valence-corrected chi connectivity index (χ2v) is 12.1. The summed E-state index contributed by atoms with van der Waals surface area (Å²) in [4.78, 5) is 67.8. The van der Waals surface area contributed by atoms with Crippen molar-refractivity contribution in [3.8, 4) is 5.75 Å². The van der Waals surface area contributed by atoms with Crippen molar-refractivity contribution >= 4 is 45.7 Å². The van der Waals surface area contributed by atoms with Crippen molar-refractivity contribution in [3.05, 3.63) is 34.9 Å². The molecular formula is C27H31ClN2O7. The minimum absolute atomic E-state index is 0.0279. The summed E-state index contributed by atoms with van der Waals surface area (Å²) in [6.07, 6.45) is 0.102. The number of carbonyl (C=O) groups is 5. The van der Waals surface area contributed by atoms with E-state index in [9.17, 15) is 34.2 Å². The van der Waals surface area contributed by atoms with Crippen molar-refractivity contribution in [2.24, 2.45) is 29.4 Å². The molecule has 198 valence electrons. The number of Topliss-reactive ketones (excluding diaryl/α,β-unsaturated/α-hetero) is 4. The maximum Gasteiger partial charge on any atom is 0.235 e. The minimum Gasteiger partial charge on any atom is -0.507 e. The molecule has 1 amide bonds. The zero-order chi connectivity index (χ0) is 27.9. The van der Waals surface area contributed by atoms with Crippen LogP contribution in [0.15, 0.2) is 12.6 Å². The summed E-state index contributed by atoms with van der Waals surface area (Å²) >= 11 is 6.31. The highest BCUT2D eigenvalue weighted by Gasteiger charge is 2.69. The molecule has 10 heteroatoms. The quantitative estimate of drug-likeness (QED) is 0.495. The molecule has 37 heavy (non-hydrogen) atoms. The van der Waals surface area contributed by atoms with Crippen LogP contribution in [0.1, 0.15) is 54.2 Å². The van der Waals surface area contributed by atoms with Crippen LogP contribution in [0.3, 0.4) is 0 Å². The highest BCUT2D eigenvalue weighted by atomic mass is 35.5. The SMILES string of the molecule is C=C(Cl)c1cc(C(C)(C)C)c(O)c2c1C[C@@H]1C[C@@H]3[C@@H](N(C)C)C(=O)C(C(N)=O)C(=O)[C@]3(O)C(=O)C1C2=O. The Labute approximate surface area is 219 Å². The lowest BCUT2D eigenvalue weighted by molar-refractivity contribution is -0.181. The topological polar surface area (TPSA) is 155 Å². The standard InChI is InChI=1S/C27H31ClN2O7/c1-10(28)12-9-15(26(2,3)4)20(31)17-13(12)7-11-8-14-19(30(5)6)22(33)18(25(29)36)24(35)27(14,37)23(34)16(11)21(17)32/h9,11,14,16,18-19,31,37H,1,7-8H2,2-6H3,(H2,29,36)/t11-,14-,16?,18?,19-,27-/m1/s1. The number of primary amides is 1. The first-order valence-corrected chi connectivity index (χ1v) is 12.4. The van der Waals surface area contributed by atoms with E-state index in [-0.39, 0.29) is 29.2 Å². The molecule has 2 unspecified atom stereocenters. The van der Waals surface area contributed by atoms with Crippen molar-refractivity contribution in [1.82, 2.24) is 4.90 Å². The molecular weight excluding hydrogens is 500 g/mol. The van der Waals surface area contributed by atoms with Crippen molar-refractivity contribution < 1.29 is 34.2 Å². The van der Waals surface area contributed by atoms with Gasteiger partial charge in [-0.2, -0.15) is 0 Å². The van der Waals surface area contributed by atoms with Gasteiger partial charge in [-0.3, -0.25) is 28.9 Å². The molecule has 4 rings (SSSR count). The fourth-order valence-electron chi connectivity index (χ4n) is 6.49. The fourth-order valence-corrected chi connectivity index (χ4v) is 6.65. The molecule has 0 heterocycles. The van der Waals surface area contributed by atoms with Gasteiger partial charge in [-0.05, 0) is 55.5 Å². The van der Waals surface area contributed by atoms with Crippen LogP contribution in [0, 0.1) is 23.7 Å². The van der Waals surface area contributed by atoms with Gasteiger partial charge >= 0.3 is 0 Å². The number of rotatable bonds is 3. The van der Waals surface area contributed by atoms with Crippen molar-refractivity contribution in [2.45, 2.75) is 50.7 Å². The van der Waals surface area contributed by atoms with Crippen LogP contribution in [-0.4, -0.2) is 69.9 Å². The highest BCUT2D eigenvalue weighted by Crippen LogP contribution is 2.52. The third-order valence-corrected chi connectivity index (χ3v) is 8.37. The molecule has 6 atom stereocenters. The van der Waals surface area contributed by atoms with Crippen molar-refractivity contribution in [2.75, 3.05) is 14.1 Å². The smallest absolute Gasteiger partial charge is 0.235 e. The molecule has 3 aliphatic carbocycles. The van der Waals surface area contributed by atoms with Crippen LogP contribution in [0.4, 0.5) is 0 Å². The second kappa shape index (κ2) is 8.58. The number of carbonyl (C=O) groups excluding carboxylic acids is 5. The van der Waals surface area contributed by atoms with Crippen LogP contribution >= 0.6 is 11.6 Å². The summed E-state index contributed by atoms with van der Waals surface area (Å²) in [6.45, 7) is 9.33. The zero-order valence-corrected chi connectivity index (χ0v) is 22.2. The number of hydrogen-bond acceptors (Lipinski definition) is 8. The molecule has 2 fully saturated rings. The van der Waals surface area contributed by atoms with Crippen LogP contribution in [0.25, 0.3) is 5.03 Å². The number of fused-ring (bicyclic) bond motifs is 3. The Morgan fingerprint density at radius 1 is 1.19 bits per heavy atom. The van der Waals surface area contributed by atoms with E-state index < -0.39 is 69.8 Å². The molecule has 9 nitrogen and oxygen atoms in total. The number of nitrogens with zero attached hydrogens (tertiary/aromatic N) is 1. The van der Waals surface area contributed by atoms with Crippen molar-refractivity contribution in [3.63, 3.8) is 0 Å². The lowest BCUT2D eigenvalue weighted by Gasteiger charge is -2.52. The Hall–Kier alpha value is -2.88. The molecule has 0 bridgehead atoms. The normalized spacial score (nSPS) is 31.6. The van der Waals surface area contributed by atoms with Crippen LogP contribution in [0.2, 0.25) is 0 Å². The van der Waals surface area contributed by atoms with E-state index in [2.05, 4.69) is 6.58 Å². The van der Waals surface area contributed by atoms with E-state index in [4.69, 9.17) is 17.3 Å². The van der Waals surface area contributed by atoms with E-state index in [1.807, 2.05) is 20.8 Å². The van der Waals surface area contributed by atoms with Crippen molar-refractivity contribution in [1.29, 1.82) is 0 Å². The zero-order valence-electron chi connectivity index (χ0n) is 21.4. The molecule has 0 saturated heterocycles. The Morgan fingerprint density at radius 3 is 2.27 bits per heavy atom. The van der Waals surface area contributed by atoms with Gasteiger partial charge in [-0.1, -0.05) is 39.0 Å². The molecule has 0 spiro atoms. The lowest BCUT2D eigenvalue weighted by atomic mass is 9.52. The molecule has 0 aliphatic heterocycles. The number of aromatic hydroxyl groups is 1. The predicted octanol–water partition coefficient (Wildman–Crippen LogP) is 1.37. The first-order valence-electron chi connectivity index (χ1n) is 12.0. The Balaban J connectivity index is 1.94. The fraction of sp³-hybridized carbons (Fsp3) is 0.519. The van der Waals surface area contributed by atoms with Gasteiger partial charge in [-0.25, -0.2) is 0 Å². The first-order chi connectivity index (χ1) is 17.0. The maximum absolute atomic E-state index is 13.9. The van der Waals surface area contributed by atoms with Gasteiger partial charge in [0.15, 0.2) is 34.7 Å². The molecule has 0 aromatic heterocycles. The van der Waals surface area contributed by atoms with Gasteiger partial charge in [0.05, 0.1) is 17.5 Å². The Bertz CT molecular complexity index is 1290. The van der Waals surface area contributed by atoms with E-state index in [1.165, 1.54) is 19.0 Å². The minimum atomic E-state index is -2.76.